The predicted octanol–water partition coefficient (Wildman–Crippen LogP) is 2.94. The van der Waals surface area contributed by atoms with E-state index in [1.54, 1.807) is 4.90 Å². The summed E-state index contributed by atoms with van der Waals surface area (Å²) in [5.41, 5.74) is -0.811. The molecule has 1 rings (SSSR count). The first kappa shape index (κ1) is 13.8. The molecule has 1 fully saturated rings. The van der Waals surface area contributed by atoms with Crippen molar-refractivity contribution >= 4 is 6.09 Å². The maximum Gasteiger partial charge on any atom is 0.410 e. The number of ether oxygens (including phenoxy) is 1. The Hall–Kier alpha value is -1.24. The number of nitrogens with zero attached hydrogens (tertiary/aromatic N) is 2. The third kappa shape index (κ3) is 3.92. The van der Waals surface area contributed by atoms with Crippen LogP contribution in [0.5, 0.6) is 0 Å². The van der Waals surface area contributed by atoms with Gasteiger partial charge < -0.3 is 9.64 Å². The molecule has 1 aliphatic carbocycles. The van der Waals surface area contributed by atoms with E-state index >= 15 is 0 Å². The van der Waals surface area contributed by atoms with Gasteiger partial charge in [-0.3, -0.25) is 0 Å². The SMILES string of the molecule is CC(C)N(CC1(C#N)CC1)C(=O)OC(C)(C)C. The minimum absolute atomic E-state index is 0.0516. The van der Waals surface area contributed by atoms with Crippen LogP contribution < -0.4 is 0 Å². The first-order valence-electron chi connectivity index (χ1n) is 6.10. The summed E-state index contributed by atoms with van der Waals surface area (Å²) in [6, 6.07) is 2.36. The lowest BCUT2D eigenvalue weighted by molar-refractivity contribution is 0.0163. The largest absolute Gasteiger partial charge is 0.444 e. The van der Waals surface area contributed by atoms with Crippen LogP contribution in [0, 0.1) is 16.7 Å². The smallest absolute Gasteiger partial charge is 0.410 e. The predicted molar refractivity (Wildman–Crippen MR) is 65.4 cm³/mol. The number of nitriles is 1. The average Bonchev–Trinajstić information content (AvgIpc) is 2.91. The van der Waals surface area contributed by atoms with Crippen LogP contribution >= 0.6 is 0 Å². The molecule has 0 aromatic rings. The minimum atomic E-state index is -0.492. The molecule has 0 aromatic heterocycles. The highest BCUT2D eigenvalue weighted by molar-refractivity contribution is 5.68. The van der Waals surface area contributed by atoms with E-state index in [2.05, 4.69) is 6.07 Å². The van der Waals surface area contributed by atoms with Crippen LogP contribution in [-0.2, 0) is 4.74 Å². The van der Waals surface area contributed by atoms with Crippen molar-refractivity contribution in [2.24, 2.45) is 5.41 Å². The van der Waals surface area contributed by atoms with Gasteiger partial charge in [0.15, 0.2) is 0 Å². The van der Waals surface area contributed by atoms with Crippen LogP contribution in [0.25, 0.3) is 0 Å². The van der Waals surface area contributed by atoms with E-state index in [0.29, 0.717) is 6.54 Å². The van der Waals surface area contributed by atoms with E-state index in [-0.39, 0.29) is 17.6 Å². The summed E-state index contributed by atoms with van der Waals surface area (Å²) >= 11 is 0. The zero-order valence-electron chi connectivity index (χ0n) is 11.4. The Morgan fingerprint density at radius 1 is 1.47 bits per heavy atom. The molecule has 0 aromatic carbocycles. The molecule has 4 heteroatoms. The van der Waals surface area contributed by atoms with Gasteiger partial charge >= 0.3 is 6.09 Å². The Morgan fingerprint density at radius 3 is 2.29 bits per heavy atom. The second kappa shape index (κ2) is 4.56. The van der Waals surface area contributed by atoms with E-state index in [1.807, 2.05) is 34.6 Å². The first-order valence-corrected chi connectivity index (χ1v) is 6.10. The Labute approximate surface area is 104 Å². The summed E-state index contributed by atoms with van der Waals surface area (Å²) in [6.07, 6.45) is 1.44. The second-order valence-electron chi connectivity index (χ2n) is 6.09. The number of hydrogen-bond donors (Lipinski definition) is 0. The lowest BCUT2D eigenvalue weighted by atomic mass is 10.1. The summed E-state index contributed by atoms with van der Waals surface area (Å²) in [5.74, 6) is 0. The number of hydrogen-bond acceptors (Lipinski definition) is 3. The fourth-order valence-corrected chi connectivity index (χ4v) is 1.56. The molecule has 0 spiro atoms. The molecule has 0 saturated heterocycles. The van der Waals surface area contributed by atoms with Crippen molar-refractivity contribution < 1.29 is 9.53 Å². The number of carbonyl (C=O) groups is 1. The van der Waals surface area contributed by atoms with E-state index in [1.165, 1.54) is 0 Å². The molecule has 4 nitrogen and oxygen atoms in total. The number of rotatable bonds is 3. The highest BCUT2D eigenvalue weighted by Gasteiger charge is 2.46. The van der Waals surface area contributed by atoms with Gasteiger partial charge in [0, 0.05) is 12.6 Å². The van der Waals surface area contributed by atoms with Crippen molar-refractivity contribution in [3.05, 3.63) is 0 Å². The zero-order chi connectivity index (χ0) is 13.3. The summed E-state index contributed by atoms with van der Waals surface area (Å²) in [4.78, 5) is 13.7. The maximum absolute atomic E-state index is 12.0. The van der Waals surface area contributed by atoms with E-state index < -0.39 is 5.60 Å². The Balaban J connectivity index is 2.67. The van der Waals surface area contributed by atoms with Gasteiger partial charge in [0.05, 0.1) is 11.5 Å². The second-order valence-corrected chi connectivity index (χ2v) is 6.09. The van der Waals surface area contributed by atoms with E-state index in [4.69, 9.17) is 10.00 Å². The molecule has 96 valence electrons. The van der Waals surface area contributed by atoms with Crippen molar-refractivity contribution in [3.63, 3.8) is 0 Å². The molecule has 0 unspecified atom stereocenters. The van der Waals surface area contributed by atoms with Gasteiger partial charge in [0.1, 0.15) is 5.60 Å². The van der Waals surface area contributed by atoms with Crippen LogP contribution in [0.2, 0.25) is 0 Å². The molecule has 0 N–H and O–H groups in total. The first-order chi connectivity index (χ1) is 7.69. The Kier molecular flexibility index (Phi) is 3.71. The van der Waals surface area contributed by atoms with Crippen LogP contribution in [0.3, 0.4) is 0 Å². The number of carbonyl (C=O) groups excluding carboxylic acids is 1. The molecule has 17 heavy (non-hydrogen) atoms. The molecular weight excluding hydrogens is 216 g/mol. The third-order valence-corrected chi connectivity index (χ3v) is 2.82. The molecule has 1 amide bonds. The van der Waals surface area contributed by atoms with Gasteiger partial charge in [0.2, 0.25) is 0 Å². The van der Waals surface area contributed by atoms with Gasteiger partial charge in [-0.15, -0.1) is 0 Å². The van der Waals surface area contributed by atoms with E-state index in [0.717, 1.165) is 12.8 Å². The Morgan fingerprint density at radius 2 is 2.00 bits per heavy atom. The molecular formula is C13H22N2O2. The van der Waals surface area contributed by atoms with Gasteiger partial charge in [-0.25, -0.2) is 4.79 Å². The normalized spacial score (nSPS) is 17.5. The Bertz CT molecular complexity index is 332. The fraction of sp³-hybridized carbons (Fsp3) is 0.846. The monoisotopic (exact) mass is 238 g/mol. The highest BCUT2D eigenvalue weighted by atomic mass is 16.6. The van der Waals surface area contributed by atoms with Crippen LogP contribution in [0.1, 0.15) is 47.5 Å². The van der Waals surface area contributed by atoms with E-state index in [9.17, 15) is 4.79 Å². The van der Waals surface area contributed by atoms with Crippen molar-refractivity contribution in [3.8, 4) is 6.07 Å². The summed E-state index contributed by atoms with van der Waals surface area (Å²) in [6.45, 7) is 9.91. The standard InChI is InChI=1S/C13H22N2O2/c1-10(2)15(9-13(8-14)6-7-13)11(16)17-12(3,4)5/h10H,6-7,9H2,1-5H3. The van der Waals surface area contributed by atoms with Crippen LogP contribution in [0.15, 0.2) is 0 Å². The lowest BCUT2D eigenvalue weighted by Crippen LogP contribution is -2.43. The topological polar surface area (TPSA) is 53.3 Å². The molecule has 0 aliphatic heterocycles. The van der Waals surface area contributed by atoms with Crippen molar-refractivity contribution in [2.75, 3.05) is 6.54 Å². The fourth-order valence-electron chi connectivity index (χ4n) is 1.56. The summed E-state index contributed by atoms with van der Waals surface area (Å²) in [7, 11) is 0. The van der Waals surface area contributed by atoms with Gasteiger partial charge in [-0.2, -0.15) is 5.26 Å². The zero-order valence-corrected chi connectivity index (χ0v) is 11.4. The van der Waals surface area contributed by atoms with Gasteiger partial charge in [-0.05, 0) is 47.5 Å². The molecule has 1 saturated carbocycles. The van der Waals surface area contributed by atoms with Crippen molar-refractivity contribution in [1.82, 2.24) is 4.90 Å². The molecule has 0 bridgehead atoms. The average molecular weight is 238 g/mol. The summed E-state index contributed by atoms with van der Waals surface area (Å²) < 4.78 is 5.36. The van der Waals surface area contributed by atoms with Crippen LogP contribution in [-0.4, -0.2) is 29.2 Å². The molecule has 0 atom stereocenters. The summed E-state index contributed by atoms with van der Waals surface area (Å²) in [5, 5.41) is 9.07. The number of amides is 1. The maximum atomic E-state index is 12.0. The molecule has 0 radical (unpaired) electrons. The van der Waals surface area contributed by atoms with Crippen molar-refractivity contribution in [1.29, 1.82) is 5.26 Å². The quantitative estimate of drug-likeness (QED) is 0.759. The third-order valence-electron chi connectivity index (χ3n) is 2.82. The van der Waals surface area contributed by atoms with Gasteiger partial charge in [-0.1, -0.05) is 0 Å². The van der Waals surface area contributed by atoms with Crippen molar-refractivity contribution in [2.45, 2.75) is 59.1 Å². The molecule has 0 heterocycles. The van der Waals surface area contributed by atoms with Gasteiger partial charge in [0.25, 0.3) is 0 Å². The lowest BCUT2D eigenvalue weighted by Gasteiger charge is -2.31. The minimum Gasteiger partial charge on any atom is -0.444 e. The highest BCUT2D eigenvalue weighted by Crippen LogP contribution is 2.45. The molecule has 1 aliphatic rings. The van der Waals surface area contributed by atoms with Crippen LogP contribution in [0.4, 0.5) is 4.79 Å².